The summed E-state index contributed by atoms with van der Waals surface area (Å²) in [7, 11) is 1.54. The Morgan fingerprint density at radius 2 is 2.21 bits per heavy atom. The highest BCUT2D eigenvalue weighted by Gasteiger charge is 2.21. The molecule has 4 heteroatoms. The highest BCUT2D eigenvalue weighted by Crippen LogP contribution is 2.27. The SMILES string of the molecule is COc1ccc([C@H]2CCN2)c(F)c1.Cl. The second-order valence-electron chi connectivity index (χ2n) is 3.18. The van der Waals surface area contributed by atoms with E-state index in [1.54, 1.807) is 12.1 Å². The van der Waals surface area contributed by atoms with Gasteiger partial charge in [-0.2, -0.15) is 0 Å². The molecule has 0 aliphatic carbocycles. The quantitative estimate of drug-likeness (QED) is 0.821. The van der Waals surface area contributed by atoms with E-state index in [2.05, 4.69) is 5.32 Å². The monoisotopic (exact) mass is 217 g/mol. The van der Waals surface area contributed by atoms with Crippen LogP contribution in [0.25, 0.3) is 0 Å². The minimum absolute atomic E-state index is 0. The van der Waals surface area contributed by atoms with Gasteiger partial charge in [0.15, 0.2) is 0 Å². The lowest BCUT2D eigenvalue weighted by Crippen LogP contribution is -2.35. The fraction of sp³-hybridized carbons (Fsp3) is 0.400. The standard InChI is InChI=1S/C10H12FNO.ClH/c1-13-7-2-3-8(9(11)6-7)10-4-5-12-10;/h2-3,6,10,12H,4-5H2,1H3;1H/t10-;/m1./s1. The predicted molar refractivity (Wildman–Crippen MR) is 55.6 cm³/mol. The maximum Gasteiger partial charge on any atom is 0.131 e. The predicted octanol–water partition coefficient (Wildman–Crippen LogP) is 2.29. The summed E-state index contributed by atoms with van der Waals surface area (Å²) in [5, 5.41) is 3.16. The highest BCUT2D eigenvalue weighted by molar-refractivity contribution is 5.85. The molecule has 2 rings (SSSR count). The highest BCUT2D eigenvalue weighted by atomic mass is 35.5. The molecule has 0 bridgehead atoms. The Hall–Kier alpha value is -0.800. The Morgan fingerprint density at radius 3 is 2.64 bits per heavy atom. The average Bonchev–Trinajstić information content (AvgIpc) is 2.05. The normalized spacial score (nSPS) is 19.4. The number of methoxy groups -OCH3 is 1. The second-order valence-corrected chi connectivity index (χ2v) is 3.18. The topological polar surface area (TPSA) is 21.3 Å². The molecule has 1 saturated heterocycles. The van der Waals surface area contributed by atoms with Crippen LogP contribution in [0.5, 0.6) is 5.75 Å². The molecule has 0 saturated carbocycles. The van der Waals surface area contributed by atoms with Crippen molar-refractivity contribution in [3.63, 3.8) is 0 Å². The van der Waals surface area contributed by atoms with E-state index in [4.69, 9.17) is 4.74 Å². The van der Waals surface area contributed by atoms with Crippen molar-refractivity contribution in [3.05, 3.63) is 29.6 Å². The Labute approximate surface area is 88.9 Å². The third-order valence-electron chi connectivity index (χ3n) is 2.41. The van der Waals surface area contributed by atoms with Crippen LogP contribution < -0.4 is 10.1 Å². The first-order valence-corrected chi connectivity index (χ1v) is 4.38. The molecule has 2 nitrogen and oxygen atoms in total. The van der Waals surface area contributed by atoms with Gasteiger partial charge in [0.05, 0.1) is 7.11 Å². The van der Waals surface area contributed by atoms with Crippen LogP contribution in [0, 0.1) is 5.82 Å². The molecule has 1 fully saturated rings. The van der Waals surface area contributed by atoms with Crippen molar-refractivity contribution < 1.29 is 9.13 Å². The molecule has 0 unspecified atom stereocenters. The fourth-order valence-corrected chi connectivity index (χ4v) is 1.47. The maximum atomic E-state index is 13.4. The molecule has 14 heavy (non-hydrogen) atoms. The van der Waals surface area contributed by atoms with Crippen LogP contribution >= 0.6 is 12.4 Å². The van der Waals surface area contributed by atoms with Gasteiger partial charge in [0, 0.05) is 17.7 Å². The molecule has 1 aromatic carbocycles. The molecule has 1 atom stereocenters. The van der Waals surface area contributed by atoms with E-state index in [1.165, 1.54) is 13.2 Å². The largest absolute Gasteiger partial charge is 0.497 e. The van der Waals surface area contributed by atoms with Crippen molar-refractivity contribution in [1.29, 1.82) is 0 Å². The van der Waals surface area contributed by atoms with Crippen molar-refractivity contribution >= 4 is 12.4 Å². The van der Waals surface area contributed by atoms with Crippen LogP contribution in [0.2, 0.25) is 0 Å². The van der Waals surface area contributed by atoms with E-state index >= 15 is 0 Å². The molecule has 78 valence electrons. The molecule has 0 radical (unpaired) electrons. The van der Waals surface area contributed by atoms with Gasteiger partial charge in [0.25, 0.3) is 0 Å². The first kappa shape index (κ1) is 11.3. The van der Waals surface area contributed by atoms with Crippen molar-refractivity contribution in [2.45, 2.75) is 12.5 Å². The van der Waals surface area contributed by atoms with Crippen LogP contribution in [-0.2, 0) is 0 Å². The van der Waals surface area contributed by atoms with E-state index in [0.29, 0.717) is 5.75 Å². The number of nitrogens with one attached hydrogen (secondary N) is 1. The Kier molecular flexibility index (Phi) is 3.72. The summed E-state index contributed by atoms with van der Waals surface area (Å²) in [4.78, 5) is 0. The molecule has 1 heterocycles. The molecular weight excluding hydrogens is 205 g/mol. The lowest BCUT2D eigenvalue weighted by atomic mass is 9.97. The minimum atomic E-state index is -0.184. The second kappa shape index (κ2) is 4.62. The van der Waals surface area contributed by atoms with E-state index in [1.807, 2.05) is 0 Å². The van der Waals surface area contributed by atoms with Crippen molar-refractivity contribution in [1.82, 2.24) is 5.32 Å². The maximum absolute atomic E-state index is 13.4. The van der Waals surface area contributed by atoms with Crippen LogP contribution in [0.1, 0.15) is 18.0 Å². The molecule has 0 aromatic heterocycles. The van der Waals surface area contributed by atoms with Crippen molar-refractivity contribution in [3.8, 4) is 5.75 Å². The Balaban J connectivity index is 0.000000980. The van der Waals surface area contributed by atoms with Crippen molar-refractivity contribution in [2.24, 2.45) is 0 Å². The van der Waals surface area contributed by atoms with Crippen LogP contribution in [-0.4, -0.2) is 13.7 Å². The summed E-state index contributed by atoms with van der Waals surface area (Å²) in [5.41, 5.74) is 0.743. The molecule has 1 N–H and O–H groups in total. The summed E-state index contributed by atoms with van der Waals surface area (Å²) >= 11 is 0. The molecule has 1 aliphatic heterocycles. The van der Waals surface area contributed by atoms with Gasteiger partial charge in [-0.1, -0.05) is 6.07 Å². The molecule has 1 aliphatic rings. The van der Waals surface area contributed by atoms with E-state index in [9.17, 15) is 4.39 Å². The number of benzene rings is 1. The van der Waals surface area contributed by atoms with Gasteiger partial charge in [-0.25, -0.2) is 4.39 Å². The van der Waals surface area contributed by atoms with Gasteiger partial charge in [0.1, 0.15) is 11.6 Å². The molecular formula is C10H13ClFNO. The summed E-state index contributed by atoms with van der Waals surface area (Å²) < 4.78 is 18.3. The smallest absolute Gasteiger partial charge is 0.131 e. The summed E-state index contributed by atoms with van der Waals surface area (Å²) in [5.74, 6) is 0.386. The Bertz CT molecular complexity index is 315. The minimum Gasteiger partial charge on any atom is -0.497 e. The third-order valence-corrected chi connectivity index (χ3v) is 2.41. The van der Waals surface area contributed by atoms with Gasteiger partial charge in [-0.3, -0.25) is 0 Å². The van der Waals surface area contributed by atoms with Gasteiger partial charge >= 0.3 is 0 Å². The molecule has 1 aromatic rings. The lowest BCUT2D eigenvalue weighted by molar-refractivity contribution is 0.367. The zero-order valence-electron chi connectivity index (χ0n) is 7.92. The van der Waals surface area contributed by atoms with Crippen LogP contribution in [0.4, 0.5) is 4.39 Å². The van der Waals surface area contributed by atoms with E-state index in [-0.39, 0.29) is 24.3 Å². The molecule has 0 amide bonds. The van der Waals surface area contributed by atoms with Crippen LogP contribution in [0.3, 0.4) is 0 Å². The lowest BCUT2D eigenvalue weighted by Gasteiger charge is -2.28. The molecule has 0 spiro atoms. The fourth-order valence-electron chi connectivity index (χ4n) is 1.47. The third kappa shape index (κ3) is 1.99. The van der Waals surface area contributed by atoms with Gasteiger partial charge < -0.3 is 10.1 Å². The first-order chi connectivity index (χ1) is 6.31. The van der Waals surface area contributed by atoms with Crippen molar-refractivity contribution in [2.75, 3.05) is 13.7 Å². The first-order valence-electron chi connectivity index (χ1n) is 4.38. The summed E-state index contributed by atoms with van der Waals surface area (Å²) in [6.45, 7) is 0.982. The zero-order chi connectivity index (χ0) is 9.26. The summed E-state index contributed by atoms with van der Waals surface area (Å²) in [6, 6.07) is 5.20. The number of hydrogen-bond donors (Lipinski definition) is 1. The van der Waals surface area contributed by atoms with Gasteiger partial charge in [0.2, 0.25) is 0 Å². The van der Waals surface area contributed by atoms with E-state index < -0.39 is 0 Å². The van der Waals surface area contributed by atoms with E-state index in [0.717, 1.165) is 18.5 Å². The zero-order valence-corrected chi connectivity index (χ0v) is 8.73. The number of halogens is 2. The van der Waals surface area contributed by atoms with Gasteiger partial charge in [-0.15, -0.1) is 12.4 Å². The Morgan fingerprint density at radius 1 is 1.50 bits per heavy atom. The van der Waals surface area contributed by atoms with Gasteiger partial charge in [-0.05, 0) is 19.0 Å². The average molecular weight is 218 g/mol. The number of hydrogen-bond acceptors (Lipinski definition) is 2. The summed E-state index contributed by atoms with van der Waals surface area (Å²) in [6.07, 6.45) is 1.02. The number of rotatable bonds is 2. The van der Waals surface area contributed by atoms with Crippen LogP contribution in [0.15, 0.2) is 18.2 Å². The number of ether oxygens (including phenoxy) is 1.